The average Bonchev–Trinajstić information content (AvgIpc) is 3.33. The van der Waals surface area contributed by atoms with E-state index in [1.807, 2.05) is 40.8 Å². The number of anilines is 1. The second kappa shape index (κ2) is 9.12. The Morgan fingerprint density at radius 3 is 2.78 bits per heavy atom. The first-order valence-corrected chi connectivity index (χ1v) is 11.4. The molecule has 0 saturated heterocycles. The predicted molar refractivity (Wildman–Crippen MR) is 129 cm³/mol. The standard InChI is InChI=1S/C22H25IN6O3/c1-3-22(20(32)24-2)11-14(16(30)17(22)31)29-12-26-15-18(27-21(23)28-19(15)29)25-10-9-13-7-5-4-6-8-13/h3-8,12,14,16-17,30-31H,1,9-11H2,2H3,(H,24,32)(H,25,27,28)/t14-,16?,17?,22+/m1/s1. The van der Waals surface area contributed by atoms with E-state index in [0.29, 0.717) is 27.4 Å². The number of fused-ring (bicyclic) bond motifs is 1. The van der Waals surface area contributed by atoms with E-state index in [1.54, 1.807) is 10.9 Å². The number of carbonyl (C=O) groups excluding carboxylic acids is 1. The average molecular weight is 548 g/mol. The second-order valence-electron chi connectivity index (χ2n) is 7.86. The van der Waals surface area contributed by atoms with Crippen molar-refractivity contribution in [1.29, 1.82) is 0 Å². The lowest BCUT2D eigenvalue weighted by molar-refractivity contribution is -0.134. The Balaban J connectivity index is 1.63. The third kappa shape index (κ3) is 3.86. The van der Waals surface area contributed by atoms with Gasteiger partial charge < -0.3 is 25.4 Å². The van der Waals surface area contributed by atoms with Gasteiger partial charge in [-0.1, -0.05) is 36.4 Å². The SMILES string of the molecule is C=C[C@]1(C(=O)NC)C[C@@H](n2cnc3c(NCCc4ccccc4)nc(I)nc32)C(O)C1O. The van der Waals surface area contributed by atoms with Gasteiger partial charge in [0.1, 0.15) is 6.10 Å². The van der Waals surface area contributed by atoms with E-state index in [2.05, 4.69) is 44.3 Å². The Labute approximate surface area is 199 Å². The zero-order valence-corrected chi connectivity index (χ0v) is 19.7. The lowest BCUT2D eigenvalue weighted by atomic mass is 9.82. The van der Waals surface area contributed by atoms with Gasteiger partial charge >= 0.3 is 0 Å². The lowest BCUT2D eigenvalue weighted by Gasteiger charge is -2.27. The molecule has 4 N–H and O–H groups in total. The van der Waals surface area contributed by atoms with Crippen molar-refractivity contribution in [2.24, 2.45) is 5.41 Å². The fraction of sp³-hybridized carbons (Fsp3) is 0.364. The van der Waals surface area contributed by atoms with E-state index in [-0.39, 0.29) is 6.42 Å². The minimum atomic E-state index is -1.30. The Morgan fingerprint density at radius 1 is 1.34 bits per heavy atom. The highest BCUT2D eigenvalue weighted by atomic mass is 127. The summed E-state index contributed by atoms with van der Waals surface area (Å²) in [5.74, 6) is 0.210. The van der Waals surface area contributed by atoms with Crippen LogP contribution in [-0.2, 0) is 11.2 Å². The Morgan fingerprint density at radius 2 is 2.09 bits per heavy atom. The van der Waals surface area contributed by atoms with E-state index in [0.717, 1.165) is 6.42 Å². The fourth-order valence-corrected chi connectivity index (χ4v) is 4.82. The topological polar surface area (TPSA) is 125 Å². The number of aliphatic hydroxyl groups is 2. The molecule has 1 amide bonds. The fourth-order valence-electron chi connectivity index (χ4n) is 4.35. The van der Waals surface area contributed by atoms with Gasteiger partial charge in [-0.3, -0.25) is 4.79 Å². The van der Waals surface area contributed by atoms with Crippen LogP contribution in [0.4, 0.5) is 5.82 Å². The number of hydrogen-bond donors (Lipinski definition) is 4. The number of rotatable bonds is 7. The number of hydrogen-bond acceptors (Lipinski definition) is 7. The van der Waals surface area contributed by atoms with Gasteiger partial charge in [-0.05, 0) is 18.4 Å². The molecule has 1 aliphatic carbocycles. The van der Waals surface area contributed by atoms with E-state index in [9.17, 15) is 15.0 Å². The molecule has 168 valence electrons. The first-order valence-electron chi connectivity index (χ1n) is 10.3. The normalized spacial score (nSPS) is 25.1. The molecule has 1 fully saturated rings. The van der Waals surface area contributed by atoms with E-state index in [4.69, 9.17) is 0 Å². The van der Waals surface area contributed by atoms with Crippen LogP contribution in [0.1, 0.15) is 18.0 Å². The van der Waals surface area contributed by atoms with Crippen LogP contribution in [0, 0.1) is 9.25 Å². The van der Waals surface area contributed by atoms with E-state index >= 15 is 0 Å². The van der Waals surface area contributed by atoms with E-state index in [1.165, 1.54) is 18.7 Å². The van der Waals surface area contributed by atoms with Gasteiger partial charge in [-0.25, -0.2) is 15.0 Å². The summed E-state index contributed by atoms with van der Waals surface area (Å²) in [6.45, 7) is 4.41. The maximum absolute atomic E-state index is 12.5. The van der Waals surface area contributed by atoms with Crippen molar-refractivity contribution in [2.45, 2.75) is 31.1 Å². The van der Waals surface area contributed by atoms with Crippen LogP contribution in [-0.4, -0.2) is 61.4 Å². The van der Waals surface area contributed by atoms with Crippen LogP contribution in [0.2, 0.25) is 0 Å². The molecule has 0 aliphatic heterocycles. The van der Waals surface area contributed by atoms with Crippen LogP contribution in [0.5, 0.6) is 0 Å². The highest BCUT2D eigenvalue weighted by molar-refractivity contribution is 14.1. The number of aromatic nitrogens is 4. The second-order valence-corrected chi connectivity index (χ2v) is 8.82. The summed E-state index contributed by atoms with van der Waals surface area (Å²) in [4.78, 5) is 26.0. The quantitative estimate of drug-likeness (QED) is 0.201. The van der Waals surface area contributed by atoms with Crippen LogP contribution in [0.3, 0.4) is 0 Å². The van der Waals surface area contributed by atoms with Gasteiger partial charge in [0.15, 0.2) is 20.8 Å². The van der Waals surface area contributed by atoms with Gasteiger partial charge in [0.05, 0.1) is 23.9 Å². The molecule has 0 spiro atoms. The third-order valence-corrected chi connectivity index (χ3v) is 6.59. The van der Waals surface area contributed by atoms with Gasteiger partial charge in [0.25, 0.3) is 0 Å². The Bertz CT molecular complexity index is 1140. The summed E-state index contributed by atoms with van der Waals surface area (Å²) in [5.41, 5.74) is 1.01. The van der Waals surface area contributed by atoms with Gasteiger partial charge in [-0.2, -0.15) is 0 Å². The molecule has 1 aromatic carbocycles. The smallest absolute Gasteiger partial charge is 0.232 e. The molecule has 0 bridgehead atoms. The molecular weight excluding hydrogens is 523 g/mol. The summed E-state index contributed by atoms with van der Waals surface area (Å²) in [6.07, 6.45) is 1.48. The maximum Gasteiger partial charge on any atom is 0.232 e. The zero-order valence-electron chi connectivity index (χ0n) is 17.6. The molecule has 10 heteroatoms. The van der Waals surface area contributed by atoms with Crippen molar-refractivity contribution < 1.29 is 15.0 Å². The molecule has 0 radical (unpaired) electrons. The summed E-state index contributed by atoms with van der Waals surface area (Å²) >= 11 is 2.04. The van der Waals surface area contributed by atoms with Crippen molar-refractivity contribution in [3.63, 3.8) is 0 Å². The highest BCUT2D eigenvalue weighted by Crippen LogP contribution is 2.46. The zero-order chi connectivity index (χ0) is 22.9. The first kappa shape index (κ1) is 22.6. The van der Waals surface area contributed by atoms with Crippen molar-refractivity contribution in [1.82, 2.24) is 24.8 Å². The van der Waals surface area contributed by atoms with Crippen molar-refractivity contribution in [2.75, 3.05) is 18.9 Å². The maximum atomic E-state index is 12.5. The van der Waals surface area contributed by atoms with Gasteiger partial charge in [-0.15, -0.1) is 6.58 Å². The molecule has 2 unspecified atom stereocenters. The van der Waals surface area contributed by atoms with Crippen molar-refractivity contribution >= 4 is 45.5 Å². The number of carbonyl (C=O) groups is 1. The van der Waals surface area contributed by atoms with Crippen molar-refractivity contribution in [3.05, 3.63) is 58.7 Å². The third-order valence-electron chi connectivity index (χ3n) is 6.11. The molecule has 2 heterocycles. The first-order chi connectivity index (χ1) is 15.4. The molecule has 1 aliphatic rings. The number of amides is 1. The van der Waals surface area contributed by atoms with Crippen LogP contribution in [0.25, 0.3) is 11.2 Å². The lowest BCUT2D eigenvalue weighted by Crippen LogP contribution is -2.45. The summed E-state index contributed by atoms with van der Waals surface area (Å²) in [6, 6.07) is 9.53. The molecule has 2 aromatic heterocycles. The Kier molecular flexibility index (Phi) is 6.45. The van der Waals surface area contributed by atoms with Gasteiger partial charge in [0, 0.05) is 36.2 Å². The molecule has 4 rings (SSSR count). The molecule has 1 saturated carbocycles. The van der Waals surface area contributed by atoms with Gasteiger partial charge in [0.2, 0.25) is 5.91 Å². The molecule has 3 aromatic rings. The largest absolute Gasteiger partial charge is 0.389 e. The highest BCUT2D eigenvalue weighted by Gasteiger charge is 2.56. The van der Waals surface area contributed by atoms with Crippen LogP contribution in [0.15, 0.2) is 49.3 Å². The molecule has 9 nitrogen and oxygen atoms in total. The predicted octanol–water partition coefficient (Wildman–Crippen LogP) is 1.67. The number of nitrogens with one attached hydrogen (secondary N) is 2. The summed E-state index contributed by atoms with van der Waals surface area (Å²) < 4.78 is 2.23. The number of halogens is 1. The Hall–Kier alpha value is -2.57. The van der Waals surface area contributed by atoms with Crippen LogP contribution >= 0.6 is 22.6 Å². The number of benzene rings is 1. The summed E-state index contributed by atoms with van der Waals surface area (Å²) in [7, 11) is 1.50. The minimum absolute atomic E-state index is 0.168. The monoisotopic (exact) mass is 548 g/mol. The molecule has 32 heavy (non-hydrogen) atoms. The molecular formula is C22H25IN6O3. The molecule has 4 atom stereocenters. The number of imidazole rings is 1. The van der Waals surface area contributed by atoms with Crippen LogP contribution < -0.4 is 10.6 Å². The summed E-state index contributed by atoms with van der Waals surface area (Å²) in [5, 5.41) is 27.4. The number of nitrogens with zero attached hydrogens (tertiary/aromatic N) is 4. The minimum Gasteiger partial charge on any atom is -0.389 e. The van der Waals surface area contributed by atoms with E-state index < -0.39 is 29.6 Å². The number of aliphatic hydroxyl groups excluding tert-OH is 2. The van der Waals surface area contributed by atoms with Crippen molar-refractivity contribution in [3.8, 4) is 0 Å².